The van der Waals surface area contributed by atoms with Gasteiger partial charge in [0.1, 0.15) is 0 Å². The number of aliphatic carboxylic acids is 1. The Balaban J connectivity index is 1.84. The molecule has 0 aliphatic carbocycles. The van der Waals surface area contributed by atoms with E-state index in [0.29, 0.717) is 13.0 Å². The molecule has 0 aromatic heterocycles. The predicted molar refractivity (Wildman–Crippen MR) is 110 cm³/mol. The first-order chi connectivity index (χ1) is 13.5. The number of carboxylic acid groups (broad SMARTS) is 1. The summed E-state index contributed by atoms with van der Waals surface area (Å²) in [5.41, 5.74) is 0. The number of unbranched alkanes of at least 4 members (excludes halogenated alkanes) is 9. The molecule has 0 aromatic rings. The third-order valence-corrected chi connectivity index (χ3v) is 5.38. The molecule has 3 N–H and O–H groups in total. The lowest BCUT2D eigenvalue weighted by Gasteiger charge is -2.31. The number of likely N-dealkylation sites (tertiary alicyclic amines) is 1. The fourth-order valence-corrected chi connectivity index (χ4v) is 3.59. The number of hydrogen-bond acceptors (Lipinski definition) is 3. The van der Waals surface area contributed by atoms with E-state index >= 15 is 0 Å². The van der Waals surface area contributed by atoms with E-state index in [1.165, 1.54) is 32.1 Å². The van der Waals surface area contributed by atoms with Gasteiger partial charge in [-0.3, -0.25) is 9.59 Å². The molecule has 1 rings (SSSR count). The lowest BCUT2D eigenvalue weighted by atomic mass is 10.1. The minimum Gasteiger partial charge on any atom is -0.481 e. The second kappa shape index (κ2) is 15.2. The largest absolute Gasteiger partial charge is 0.481 e. The van der Waals surface area contributed by atoms with Gasteiger partial charge in [0.2, 0.25) is 5.91 Å². The highest BCUT2D eigenvalue weighted by atomic mass is 16.4. The minimum absolute atomic E-state index is 0.0934. The molecule has 3 amide bonds. The van der Waals surface area contributed by atoms with Crippen LogP contribution in [0.25, 0.3) is 0 Å². The van der Waals surface area contributed by atoms with Gasteiger partial charge >= 0.3 is 12.0 Å². The average molecular weight is 398 g/mol. The Kier molecular flexibility index (Phi) is 13.1. The maximum absolute atomic E-state index is 11.9. The van der Waals surface area contributed by atoms with E-state index in [0.717, 1.165) is 58.0 Å². The topological polar surface area (TPSA) is 98.7 Å². The molecule has 0 atom stereocenters. The van der Waals surface area contributed by atoms with Crippen LogP contribution in [0.5, 0.6) is 0 Å². The van der Waals surface area contributed by atoms with Crippen molar-refractivity contribution in [1.82, 2.24) is 15.5 Å². The van der Waals surface area contributed by atoms with Crippen molar-refractivity contribution in [2.45, 2.75) is 96.4 Å². The van der Waals surface area contributed by atoms with Crippen molar-refractivity contribution in [3.8, 4) is 0 Å². The molecule has 28 heavy (non-hydrogen) atoms. The van der Waals surface area contributed by atoms with Gasteiger partial charge in [-0.15, -0.1) is 0 Å². The number of carbonyl (C=O) groups excluding carboxylic acids is 2. The molecule has 7 nitrogen and oxygen atoms in total. The molecular weight excluding hydrogens is 358 g/mol. The highest BCUT2D eigenvalue weighted by Crippen LogP contribution is 2.12. The summed E-state index contributed by atoms with van der Waals surface area (Å²) in [6.45, 7) is 3.75. The Bertz CT molecular complexity index is 463. The molecule has 0 aromatic carbocycles. The summed E-state index contributed by atoms with van der Waals surface area (Å²) in [6, 6.07) is 0.0731. The molecule has 0 saturated carbocycles. The summed E-state index contributed by atoms with van der Waals surface area (Å²) >= 11 is 0. The first kappa shape index (κ1) is 24.2. The van der Waals surface area contributed by atoms with Gasteiger partial charge in [-0.05, 0) is 25.7 Å². The summed E-state index contributed by atoms with van der Waals surface area (Å²) in [7, 11) is 0. The number of carbonyl (C=O) groups is 3. The molecule has 0 unspecified atom stereocenters. The molecule has 1 fully saturated rings. The van der Waals surface area contributed by atoms with Gasteiger partial charge < -0.3 is 20.6 Å². The van der Waals surface area contributed by atoms with E-state index in [9.17, 15) is 14.4 Å². The zero-order valence-electron chi connectivity index (χ0n) is 17.5. The van der Waals surface area contributed by atoms with Crippen LogP contribution in [0.2, 0.25) is 0 Å². The Morgan fingerprint density at radius 3 is 1.86 bits per heavy atom. The zero-order chi connectivity index (χ0) is 20.6. The summed E-state index contributed by atoms with van der Waals surface area (Å²) in [5.74, 6) is -0.583. The predicted octanol–water partition coefficient (Wildman–Crippen LogP) is 3.67. The summed E-state index contributed by atoms with van der Waals surface area (Å²) in [5, 5.41) is 14.5. The molecule has 1 heterocycles. The van der Waals surface area contributed by atoms with Gasteiger partial charge in [-0.1, -0.05) is 51.4 Å². The number of rotatable bonds is 14. The van der Waals surface area contributed by atoms with Crippen LogP contribution >= 0.6 is 0 Å². The quantitative estimate of drug-likeness (QED) is 0.389. The van der Waals surface area contributed by atoms with Crippen LogP contribution in [0.4, 0.5) is 4.79 Å². The van der Waals surface area contributed by atoms with Crippen LogP contribution in [-0.2, 0) is 9.59 Å². The van der Waals surface area contributed by atoms with Gasteiger partial charge in [0.15, 0.2) is 0 Å². The number of piperidine rings is 1. The Morgan fingerprint density at radius 1 is 0.857 bits per heavy atom. The number of amides is 3. The average Bonchev–Trinajstić information content (AvgIpc) is 2.65. The number of urea groups is 1. The highest BCUT2D eigenvalue weighted by molar-refractivity contribution is 5.74. The smallest absolute Gasteiger partial charge is 0.315 e. The summed E-state index contributed by atoms with van der Waals surface area (Å²) < 4.78 is 0. The van der Waals surface area contributed by atoms with Crippen molar-refractivity contribution in [2.75, 3.05) is 19.6 Å². The van der Waals surface area contributed by atoms with E-state index in [1.54, 1.807) is 6.92 Å². The second-order valence-electron chi connectivity index (χ2n) is 7.86. The SMILES string of the molecule is CC(=O)N1CCC(NC(=O)NCCCCCCCCCCCCC(=O)O)CC1. The van der Waals surface area contributed by atoms with Crippen molar-refractivity contribution in [3.63, 3.8) is 0 Å². The van der Waals surface area contributed by atoms with Crippen molar-refractivity contribution in [2.24, 2.45) is 0 Å². The molecule has 7 heteroatoms. The first-order valence-corrected chi connectivity index (χ1v) is 11.0. The Labute approximate surface area is 169 Å². The zero-order valence-corrected chi connectivity index (χ0v) is 17.5. The third kappa shape index (κ3) is 12.6. The van der Waals surface area contributed by atoms with Crippen LogP contribution in [0.1, 0.15) is 90.4 Å². The molecule has 1 aliphatic heterocycles. The van der Waals surface area contributed by atoms with Crippen LogP contribution in [0, 0.1) is 0 Å². The van der Waals surface area contributed by atoms with E-state index in [2.05, 4.69) is 10.6 Å². The normalized spacial score (nSPS) is 14.7. The maximum Gasteiger partial charge on any atom is 0.315 e. The van der Waals surface area contributed by atoms with E-state index in [4.69, 9.17) is 5.11 Å². The molecule has 1 aliphatic rings. The van der Waals surface area contributed by atoms with Crippen molar-refractivity contribution < 1.29 is 19.5 Å². The number of nitrogens with zero attached hydrogens (tertiary/aromatic N) is 1. The van der Waals surface area contributed by atoms with Gasteiger partial charge in [-0.25, -0.2) is 4.79 Å². The Morgan fingerprint density at radius 2 is 1.36 bits per heavy atom. The van der Waals surface area contributed by atoms with E-state index in [1.807, 2.05) is 4.90 Å². The molecule has 0 radical (unpaired) electrons. The fraction of sp³-hybridized carbons (Fsp3) is 0.857. The molecule has 0 spiro atoms. The molecule has 1 saturated heterocycles. The van der Waals surface area contributed by atoms with E-state index in [-0.39, 0.29) is 18.0 Å². The Hall–Kier alpha value is -1.79. The van der Waals surface area contributed by atoms with Crippen LogP contribution in [0.15, 0.2) is 0 Å². The lowest BCUT2D eigenvalue weighted by molar-refractivity contribution is -0.137. The molecular formula is C21H39N3O4. The molecule has 0 bridgehead atoms. The third-order valence-electron chi connectivity index (χ3n) is 5.38. The minimum atomic E-state index is -0.693. The standard InChI is InChI=1S/C21H39N3O4/c1-18(25)24-16-13-19(14-17-24)23-21(28)22-15-11-9-7-5-3-2-4-6-8-10-12-20(26)27/h19H,2-17H2,1H3,(H,26,27)(H2,22,23,28). The van der Waals surface area contributed by atoms with Crippen molar-refractivity contribution in [3.05, 3.63) is 0 Å². The lowest BCUT2D eigenvalue weighted by Crippen LogP contribution is -2.48. The number of carboxylic acids is 1. The highest BCUT2D eigenvalue weighted by Gasteiger charge is 2.21. The van der Waals surface area contributed by atoms with Gasteiger partial charge in [-0.2, -0.15) is 0 Å². The monoisotopic (exact) mass is 397 g/mol. The van der Waals surface area contributed by atoms with Gasteiger partial charge in [0.05, 0.1) is 0 Å². The van der Waals surface area contributed by atoms with Crippen molar-refractivity contribution in [1.29, 1.82) is 0 Å². The fourth-order valence-electron chi connectivity index (χ4n) is 3.59. The van der Waals surface area contributed by atoms with Crippen LogP contribution < -0.4 is 10.6 Å². The second-order valence-corrected chi connectivity index (χ2v) is 7.86. The molecule has 162 valence electrons. The van der Waals surface area contributed by atoms with Crippen LogP contribution in [-0.4, -0.2) is 53.6 Å². The first-order valence-electron chi connectivity index (χ1n) is 11.0. The van der Waals surface area contributed by atoms with E-state index < -0.39 is 5.97 Å². The number of nitrogens with one attached hydrogen (secondary N) is 2. The van der Waals surface area contributed by atoms with Crippen LogP contribution in [0.3, 0.4) is 0 Å². The summed E-state index contributed by atoms with van der Waals surface area (Å²) in [6.07, 6.45) is 13.2. The van der Waals surface area contributed by atoms with Crippen molar-refractivity contribution >= 4 is 17.9 Å². The van der Waals surface area contributed by atoms with Gasteiger partial charge in [0.25, 0.3) is 0 Å². The summed E-state index contributed by atoms with van der Waals surface area (Å²) in [4.78, 5) is 35.4. The maximum atomic E-state index is 11.9. The van der Waals surface area contributed by atoms with Gasteiger partial charge in [0, 0.05) is 39.0 Å². The number of hydrogen-bond donors (Lipinski definition) is 3.